The van der Waals surface area contributed by atoms with Gasteiger partial charge in [0.2, 0.25) is 0 Å². The van der Waals surface area contributed by atoms with E-state index in [0.29, 0.717) is 4.57 Å². The number of hydrogen-bond acceptors (Lipinski definition) is 1. The number of fused-ring (bicyclic) bond motifs is 15. The molecule has 5 aromatic heterocycles. The highest BCUT2D eigenvalue weighted by molar-refractivity contribution is 6.17. The molecular formula is C60H36N4O. The Morgan fingerprint density at radius 1 is 0.262 bits per heavy atom. The summed E-state index contributed by atoms with van der Waals surface area (Å²) >= 11 is 0. The van der Waals surface area contributed by atoms with Crippen LogP contribution >= 0.6 is 0 Å². The van der Waals surface area contributed by atoms with E-state index in [4.69, 9.17) is 29.1 Å². The first-order chi connectivity index (χ1) is 47.3. The van der Waals surface area contributed by atoms with Crippen molar-refractivity contribution in [3.05, 3.63) is 218 Å². The Morgan fingerprint density at radius 2 is 0.600 bits per heavy atom. The number of hydrogen-bond donors (Lipinski definition) is 0. The van der Waals surface area contributed by atoms with E-state index in [1.54, 1.807) is 0 Å². The molecule has 0 amide bonds. The number of furan rings is 1. The Bertz CT molecular complexity index is 6500. The molecule has 5 heteroatoms. The fourth-order valence-corrected chi connectivity index (χ4v) is 8.68. The fraction of sp³-hybridized carbons (Fsp3) is 0. The zero-order valence-corrected chi connectivity index (χ0v) is 32.2. The van der Waals surface area contributed by atoms with Gasteiger partial charge in [0.15, 0.2) is 0 Å². The predicted octanol–water partition coefficient (Wildman–Crippen LogP) is 16.0. The van der Waals surface area contributed by atoms with E-state index in [9.17, 15) is 24.7 Å². The van der Waals surface area contributed by atoms with Crippen LogP contribution in [0.3, 0.4) is 0 Å². The van der Waals surface area contributed by atoms with E-state index < -0.39 is 349 Å². The van der Waals surface area contributed by atoms with E-state index in [0.717, 1.165) is 13.7 Å². The van der Waals surface area contributed by atoms with Gasteiger partial charge in [-0.3, -0.25) is 0 Å². The maximum Gasteiger partial charge on any atom is 0.137 e. The summed E-state index contributed by atoms with van der Waals surface area (Å²) in [5.41, 5.74) is -10.6. The van der Waals surface area contributed by atoms with Crippen LogP contribution in [0.4, 0.5) is 0 Å². The molecule has 0 aliphatic carbocycles. The van der Waals surface area contributed by atoms with Gasteiger partial charge in [-0.1, -0.05) is 115 Å². The minimum absolute atomic E-state index is 0.510. The third-order valence-corrected chi connectivity index (χ3v) is 11.3. The van der Waals surface area contributed by atoms with Crippen molar-refractivity contribution in [2.45, 2.75) is 0 Å². The van der Waals surface area contributed by atoms with Crippen LogP contribution in [0.2, 0.25) is 0 Å². The molecule has 15 aromatic rings. The molecule has 15 rings (SSSR count). The van der Waals surface area contributed by atoms with E-state index >= 15 is 0 Å². The van der Waals surface area contributed by atoms with Crippen molar-refractivity contribution in [3.63, 3.8) is 0 Å². The zero-order valence-electron chi connectivity index (χ0n) is 68.2. The Kier molecular flexibility index (Phi) is 3.01. The minimum atomic E-state index is -1.10. The molecule has 0 atom stereocenters. The standard InChI is InChI=1S/C60H36N4O/c1-7-20-49-40(14-1)41-15-2-8-21-50(41)61(49)37-28-31-55-46(34-37)44-18-5-11-24-53(44)63(55)39-30-33-58-48(36-39)60-57(26-13-27-59(60)65-58)64-54-25-12-6-19-45(54)47-35-38(29-32-56(47)64)62-51-22-9-3-16-42(51)43-17-4-10-23-52(43)62/h1-36H/i1D,2D,3D,4D,5D,6D,7D,8D,9D,10D,11D,12D,13D,14D,15D,16D,17D,18D,19D,20D,21D,22D,23D,24D,25D,26D,27D,28D,29D,30D,31D,32D,33D,34D,35D,36D. The van der Waals surface area contributed by atoms with Gasteiger partial charge in [-0.15, -0.1) is 0 Å². The first-order valence-electron chi connectivity index (χ1n) is 37.3. The van der Waals surface area contributed by atoms with E-state index in [1.165, 1.54) is 0 Å². The van der Waals surface area contributed by atoms with Crippen molar-refractivity contribution in [1.82, 2.24) is 18.3 Å². The second-order valence-corrected chi connectivity index (χ2v) is 14.5. The minimum Gasteiger partial charge on any atom is -0.456 e. The normalized spacial score (nSPS) is 20.1. The number of rotatable bonds is 4. The highest BCUT2D eigenvalue weighted by Crippen LogP contribution is 2.43. The molecule has 0 spiro atoms. The molecular weight excluding hydrogens is 793 g/mol. The number of para-hydroxylation sites is 6. The third kappa shape index (κ3) is 4.71. The summed E-state index contributed by atoms with van der Waals surface area (Å²) in [4.78, 5) is 0. The molecule has 302 valence electrons. The molecule has 0 saturated carbocycles. The smallest absolute Gasteiger partial charge is 0.137 e. The van der Waals surface area contributed by atoms with Gasteiger partial charge in [-0.05, 0) is 103 Å². The molecule has 0 bridgehead atoms. The molecule has 5 heterocycles. The molecule has 10 aromatic carbocycles. The lowest BCUT2D eigenvalue weighted by Crippen LogP contribution is -1.97. The summed E-state index contributed by atoms with van der Waals surface area (Å²) < 4.78 is 343. The van der Waals surface area contributed by atoms with Gasteiger partial charge in [0.05, 0.1) is 105 Å². The monoisotopic (exact) mass is 865 g/mol. The van der Waals surface area contributed by atoms with Crippen LogP contribution in [0.1, 0.15) is 49.3 Å². The fourth-order valence-electron chi connectivity index (χ4n) is 8.68. The van der Waals surface area contributed by atoms with E-state index in [2.05, 4.69) is 0 Å². The first kappa shape index (κ1) is 15.2. The Balaban J connectivity index is 1.13. The second-order valence-electron chi connectivity index (χ2n) is 14.5. The summed E-state index contributed by atoms with van der Waals surface area (Å²) in [5, 5.41) is -6.28. The molecule has 65 heavy (non-hydrogen) atoms. The lowest BCUT2D eigenvalue weighted by molar-refractivity contribution is 0.669. The highest BCUT2D eigenvalue weighted by atomic mass is 16.3. The van der Waals surface area contributed by atoms with Crippen LogP contribution in [0.15, 0.2) is 222 Å². The maximum absolute atomic E-state index is 10.4. The van der Waals surface area contributed by atoms with Gasteiger partial charge in [0, 0.05) is 65.5 Å². The lowest BCUT2D eigenvalue weighted by atomic mass is 10.1. The van der Waals surface area contributed by atoms with Crippen LogP contribution in [0.25, 0.3) is 132 Å². The van der Waals surface area contributed by atoms with Gasteiger partial charge in [-0.25, -0.2) is 0 Å². The molecule has 0 aliphatic heterocycles. The van der Waals surface area contributed by atoms with E-state index in [-0.39, 0.29) is 0 Å². The summed E-state index contributed by atoms with van der Waals surface area (Å²) in [6, 6.07) is -34.5. The van der Waals surface area contributed by atoms with Crippen molar-refractivity contribution >= 4 is 109 Å². The Morgan fingerprint density at radius 3 is 1.05 bits per heavy atom. The first-order valence-corrected chi connectivity index (χ1v) is 19.3. The van der Waals surface area contributed by atoms with Crippen molar-refractivity contribution in [2.24, 2.45) is 0 Å². The van der Waals surface area contributed by atoms with E-state index in [1.807, 2.05) is 0 Å². The van der Waals surface area contributed by atoms with Gasteiger partial charge in [0.1, 0.15) is 11.2 Å². The van der Waals surface area contributed by atoms with Crippen LogP contribution in [-0.4, -0.2) is 18.3 Å². The lowest BCUT2D eigenvalue weighted by Gasteiger charge is -2.12. The zero-order chi connectivity index (χ0) is 73.7. The largest absolute Gasteiger partial charge is 0.456 e. The average Bonchev–Trinajstić information content (AvgIpc) is 1.52. The van der Waals surface area contributed by atoms with Gasteiger partial charge in [0.25, 0.3) is 0 Å². The Hall–Kier alpha value is -8.80. The number of benzene rings is 10. The third-order valence-electron chi connectivity index (χ3n) is 11.3. The van der Waals surface area contributed by atoms with Crippen molar-refractivity contribution in [3.8, 4) is 22.7 Å². The SMILES string of the molecule is [2H]c1c(-n2c3c([2H])c([2H])c([2H])c([2H])c3c3c([2H])c(-n4c5c([2H])c([2H])c([2H])c([2H])c5c5c([2H])c([2H])c([2H])c([2H])c54)c([2H])c([2H])c32)c([2H])c2c(oc3c([2H])c([2H])c([2H])c(-n4c5c([2H])c([2H])c([2H])c([2H])c5c5c([2H])c(-n6c7c([2H])c([2H])c([2H])c([2H])c7c7c([2H])c([2H])c([2H])c([2H])c76)c([2H])c([2H])c54)c32)c1[2H]. The van der Waals surface area contributed by atoms with Crippen molar-refractivity contribution in [2.75, 3.05) is 0 Å². The Labute approximate surface area is 422 Å². The van der Waals surface area contributed by atoms with Crippen LogP contribution < -0.4 is 0 Å². The molecule has 0 fully saturated rings. The molecule has 0 N–H and O–H groups in total. The number of aromatic nitrogens is 4. The highest BCUT2D eigenvalue weighted by Gasteiger charge is 2.22. The summed E-state index contributed by atoms with van der Waals surface area (Å²) in [6.07, 6.45) is 0. The topological polar surface area (TPSA) is 32.9 Å². The average molecular weight is 865 g/mol. The van der Waals surface area contributed by atoms with Crippen molar-refractivity contribution < 1.29 is 53.8 Å². The van der Waals surface area contributed by atoms with Crippen LogP contribution in [0, 0.1) is 0 Å². The van der Waals surface area contributed by atoms with Crippen LogP contribution in [-0.2, 0) is 0 Å². The number of nitrogens with zero attached hydrogens (tertiary/aromatic N) is 4. The van der Waals surface area contributed by atoms with Crippen LogP contribution in [0.5, 0.6) is 0 Å². The molecule has 0 aliphatic rings. The predicted molar refractivity (Wildman–Crippen MR) is 271 cm³/mol. The summed E-state index contributed by atoms with van der Waals surface area (Å²) in [5.74, 6) is 0. The summed E-state index contributed by atoms with van der Waals surface area (Å²) in [7, 11) is 0. The maximum atomic E-state index is 10.4. The molecule has 0 saturated heterocycles. The molecule has 5 nitrogen and oxygen atoms in total. The van der Waals surface area contributed by atoms with Gasteiger partial charge < -0.3 is 22.7 Å². The quantitative estimate of drug-likeness (QED) is 0.173. The van der Waals surface area contributed by atoms with Gasteiger partial charge in [-0.2, -0.15) is 0 Å². The molecule has 0 radical (unpaired) electrons. The van der Waals surface area contributed by atoms with Gasteiger partial charge >= 0.3 is 0 Å². The van der Waals surface area contributed by atoms with Crippen molar-refractivity contribution in [1.29, 1.82) is 0 Å². The summed E-state index contributed by atoms with van der Waals surface area (Å²) in [6.45, 7) is 0. The molecule has 0 unspecified atom stereocenters. The second kappa shape index (κ2) is 12.9.